The molecule has 0 spiro atoms. The Morgan fingerprint density at radius 2 is 2.08 bits per heavy atom. The first-order chi connectivity index (χ1) is 5.82. The van der Waals surface area contributed by atoms with Crippen LogP contribution in [0.2, 0.25) is 0 Å². The molecule has 8 heteroatoms. The monoisotopic (exact) mass is 210 g/mol. The van der Waals surface area contributed by atoms with Crippen LogP contribution in [0.4, 0.5) is 0 Å². The van der Waals surface area contributed by atoms with Gasteiger partial charge in [-0.15, -0.1) is 0 Å². The molecule has 0 amide bonds. The van der Waals surface area contributed by atoms with E-state index >= 15 is 0 Å². The Labute approximate surface area is 74.9 Å². The van der Waals surface area contributed by atoms with Crippen LogP contribution < -0.4 is 5.14 Å². The van der Waals surface area contributed by atoms with Crippen molar-refractivity contribution < 1.29 is 23.4 Å². The molecule has 0 unspecified atom stereocenters. The van der Waals surface area contributed by atoms with E-state index in [9.17, 15) is 13.2 Å². The zero-order chi connectivity index (χ0) is 10.2. The molecule has 4 N–H and O–H groups in total. The van der Waals surface area contributed by atoms with Gasteiger partial charge in [-0.1, -0.05) is 0 Å². The fourth-order valence-electron chi connectivity index (χ4n) is 1.29. The van der Waals surface area contributed by atoms with Crippen molar-refractivity contribution in [3.8, 4) is 0 Å². The number of nitrogens with zero attached hydrogens (tertiary/aromatic N) is 1. The number of aliphatic carboxylic acids is 1. The molecule has 0 aliphatic carbocycles. The number of carboxylic acid groups (broad SMARTS) is 1. The van der Waals surface area contributed by atoms with Crippen molar-refractivity contribution >= 4 is 16.2 Å². The Kier molecular flexibility index (Phi) is 2.57. The van der Waals surface area contributed by atoms with Gasteiger partial charge in [0.15, 0.2) is 0 Å². The van der Waals surface area contributed by atoms with E-state index in [1.807, 2.05) is 0 Å². The molecule has 1 saturated heterocycles. The minimum absolute atomic E-state index is 0.119. The molecule has 76 valence electrons. The standard InChI is InChI=1S/C5H10N2O5S/c6-13(11,12)7-2-3(8)1-4(7)5(9)10/h3-4,8H,1-2H2,(H,9,10)(H2,6,11,12)/t3-,4+/m1/s1. The number of carbonyl (C=O) groups is 1. The molecule has 1 aliphatic heterocycles. The van der Waals surface area contributed by atoms with Gasteiger partial charge < -0.3 is 10.2 Å². The second-order valence-corrected chi connectivity index (χ2v) is 4.36. The van der Waals surface area contributed by atoms with E-state index in [0.717, 1.165) is 0 Å². The third kappa shape index (κ3) is 2.15. The molecule has 0 bridgehead atoms. The van der Waals surface area contributed by atoms with Gasteiger partial charge in [-0.3, -0.25) is 4.79 Å². The van der Waals surface area contributed by atoms with E-state index < -0.39 is 28.3 Å². The highest BCUT2D eigenvalue weighted by molar-refractivity contribution is 7.86. The molecule has 2 atom stereocenters. The van der Waals surface area contributed by atoms with Crippen LogP contribution in [0.15, 0.2) is 0 Å². The second kappa shape index (κ2) is 3.22. The third-order valence-corrected chi connectivity index (χ3v) is 2.90. The number of aliphatic hydroxyl groups is 1. The van der Waals surface area contributed by atoms with Gasteiger partial charge in [-0.2, -0.15) is 12.7 Å². The third-order valence-electron chi connectivity index (χ3n) is 1.85. The van der Waals surface area contributed by atoms with Crippen LogP contribution in [0.3, 0.4) is 0 Å². The Bertz CT molecular complexity index is 313. The number of rotatable bonds is 2. The van der Waals surface area contributed by atoms with E-state index in [4.69, 9.17) is 15.4 Å². The maximum atomic E-state index is 10.8. The average molecular weight is 210 g/mol. The quantitative estimate of drug-likeness (QED) is 0.473. The zero-order valence-electron chi connectivity index (χ0n) is 6.62. The van der Waals surface area contributed by atoms with E-state index in [-0.39, 0.29) is 13.0 Å². The fourth-order valence-corrected chi connectivity index (χ4v) is 2.20. The predicted molar refractivity (Wildman–Crippen MR) is 41.9 cm³/mol. The van der Waals surface area contributed by atoms with Gasteiger partial charge >= 0.3 is 5.97 Å². The summed E-state index contributed by atoms with van der Waals surface area (Å²) in [6, 6.07) is -1.25. The number of β-amino-alcohol motifs (C(OH)–C–C–N with tert-alkyl or cyclic N) is 1. The maximum Gasteiger partial charge on any atom is 0.322 e. The van der Waals surface area contributed by atoms with Crippen molar-refractivity contribution in [3.63, 3.8) is 0 Å². The van der Waals surface area contributed by atoms with E-state index in [1.165, 1.54) is 0 Å². The van der Waals surface area contributed by atoms with Gasteiger partial charge in [0.05, 0.1) is 6.10 Å². The molecule has 1 aliphatic rings. The Morgan fingerprint density at radius 3 is 2.38 bits per heavy atom. The number of carboxylic acids is 1. The van der Waals surface area contributed by atoms with Crippen LogP contribution in [-0.2, 0) is 15.0 Å². The van der Waals surface area contributed by atoms with E-state index in [0.29, 0.717) is 4.31 Å². The minimum atomic E-state index is -4.04. The molecular formula is C5H10N2O5S. The van der Waals surface area contributed by atoms with Crippen molar-refractivity contribution in [2.24, 2.45) is 5.14 Å². The summed E-state index contributed by atoms with van der Waals surface area (Å²) >= 11 is 0. The van der Waals surface area contributed by atoms with E-state index in [2.05, 4.69) is 0 Å². The molecule has 1 fully saturated rings. The lowest BCUT2D eigenvalue weighted by molar-refractivity contribution is -0.140. The van der Waals surface area contributed by atoms with Crippen molar-refractivity contribution in [2.45, 2.75) is 18.6 Å². The topological polar surface area (TPSA) is 121 Å². The number of aliphatic hydroxyl groups excluding tert-OH is 1. The molecule has 0 radical (unpaired) electrons. The summed E-state index contributed by atoms with van der Waals surface area (Å²) in [5, 5.41) is 22.4. The smallest absolute Gasteiger partial charge is 0.322 e. The van der Waals surface area contributed by atoms with Crippen LogP contribution in [0.25, 0.3) is 0 Å². The molecule has 1 rings (SSSR count). The number of hydrogen-bond donors (Lipinski definition) is 3. The normalized spacial score (nSPS) is 30.6. The van der Waals surface area contributed by atoms with Crippen LogP contribution in [0, 0.1) is 0 Å². The molecule has 13 heavy (non-hydrogen) atoms. The molecule has 0 aromatic heterocycles. The summed E-state index contributed by atoms with van der Waals surface area (Å²) in [6.07, 6.45) is -1.08. The summed E-state index contributed by atoms with van der Waals surface area (Å²) < 4.78 is 22.2. The summed E-state index contributed by atoms with van der Waals surface area (Å²) in [6.45, 7) is -0.254. The molecule has 1 heterocycles. The molecule has 0 aromatic carbocycles. The second-order valence-electron chi connectivity index (χ2n) is 2.86. The van der Waals surface area contributed by atoms with Crippen LogP contribution in [0.5, 0.6) is 0 Å². The highest BCUT2D eigenvalue weighted by Crippen LogP contribution is 2.19. The highest BCUT2D eigenvalue weighted by atomic mass is 32.2. The lowest BCUT2D eigenvalue weighted by Gasteiger charge is -2.16. The first kappa shape index (κ1) is 10.4. The number of nitrogens with two attached hydrogens (primary N) is 1. The van der Waals surface area contributed by atoms with Crippen molar-refractivity contribution in [1.29, 1.82) is 0 Å². The fraction of sp³-hybridized carbons (Fsp3) is 0.800. The largest absolute Gasteiger partial charge is 0.480 e. The van der Waals surface area contributed by atoms with Gasteiger partial charge in [-0.25, -0.2) is 5.14 Å². The molecule has 7 nitrogen and oxygen atoms in total. The van der Waals surface area contributed by atoms with Gasteiger partial charge in [0, 0.05) is 13.0 Å². The summed E-state index contributed by atoms with van der Waals surface area (Å²) in [5.74, 6) is -1.30. The summed E-state index contributed by atoms with van der Waals surface area (Å²) in [5.41, 5.74) is 0. The maximum absolute atomic E-state index is 10.8. The van der Waals surface area contributed by atoms with Crippen LogP contribution in [0.1, 0.15) is 6.42 Å². The highest BCUT2D eigenvalue weighted by Gasteiger charge is 2.41. The van der Waals surface area contributed by atoms with Gasteiger partial charge in [-0.05, 0) is 0 Å². The van der Waals surface area contributed by atoms with Crippen molar-refractivity contribution in [3.05, 3.63) is 0 Å². The summed E-state index contributed by atoms with van der Waals surface area (Å²) in [4.78, 5) is 10.5. The van der Waals surface area contributed by atoms with Crippen LogP contribution in [-0.4, -0.2) is 47.6 Å². The van der Waals surface area contributed by atoms with Crippen molar-refractivity contribution in [1.82, 2.24) is 4.31 Å². The van der Waals surface area contributed by atoms with E-state index in [1.54, 1.807) is 0 Å². The molecule has 0 saturated carbocycles. The van der Waals surface area contributed by atoms with Gasteiger partial charge in [0.1, 0.15) is 6.04 Å². The Hall–Kier alpha value is -0.700. The van der Waals surface area contributed by atoms with Gasteiger partial charge in [0.2, 0.25) is 0 Å². The minimum Gasteiger partial charge on any atom is -0.480 e. The molecular weight excluding hydrogens is 200 g/mol. The zero-order valence-corrected chi connectivity index (χ0v) is 7.44. The summed E-state index contributed by atoms with van der Waals surface area (Å²) in [7, 11) is -4.04. The molecule has 0 aromatic rings. The SMILES string of the molecule is NS(=O)(=O)N1C[C@H](O)C[C@H]1C(=O)O. The first-order valence-electron chi connectivity index (χ1n) is 3.53. The first-order valence-corrected chi connectivity index (χ1v) is 5.03. The Morgan fingerprint density at radius 1 is 1.54 bits per heavy atom. The number of hydrogen-bond acceptors (Lipinski definition) is 4. The van der Waals surface area contributed by atoms with Crippen LogP contribution >= 0.6 is 0 Å². The lowest BCUT2D eigenvalue weighted by atomic mass is 10.2. The van der Waals surface area contributed by atoms with Gasteiger partial charge in [0.25, 0.3) is 10.2 Å². The predicted octanol–water partition coefficient (Wildman–Crippen LogP) is -2.29. The average Bonchev–Trinajstić information content (AvgIpc) is 2.29. The van der Waals surface area contributed by atoms with Crippen molar-refractivity contribution in [2.75, 3.05) is 6.54 Å². The Balaban J connectivity index is 2.91. The lowest BCUT2D eigenvalue weighted by Crippen LogP contribution is -2.44.